The van der Waals surface area contributed by atoms with Gasteiger partial charge in [0, 0.05) is 30.2 Å². The quantitative estimate of drug-likeness (QED) is 0.788. The molecule has 2 atom stereocenters. The Labute approximate surface area is 130 Å². The Bertz CT molecular complexity index is 423. The van der Waals surface area contributed by atoms with Crippen LogP contribution in [0.15, 0.2) is 28.7 Å². The summed E-state index contributed by atoms with van der Waals surface area (Å²) in [6.07, 6.45) is 3.53. The molecule has 112 valence electrons. The summed E-state index contributed by atoms with van der Waals surface area (Å²) in [7, 11) is 1.76. The highest BCUT2D eigenvalue weighted by Crippen LogP contribution is 2.38. The van der Waals surface area contributed by atoms with Crippen molar-refractivity contribution in [1.29, 1.82) is 0 Å². The smallest absolute Gasteiger partial charge is 0.0590 e. The van der Waals surface area contributed by atoms with Crippen molar-refractivity contribution in [3.8, 4) is 0 Å². The third-order valence-electron chi connectivity index (χ3n) is 4.03. The fourth-order valence-electron chi connectivity index (χ4n) is 2.75. The van der Waals surface area contributed by atoms with Crippen molar-refractivity contribution < 1.29 is 4.74 Å². The van der Waals surface area contributed by atoms with Crippen molar-refractivity contribution in [2.45, 2.75) is 44.3 Å². The third-order valence-corrected chi connectivity index (χ3v) is 4.75. The molecule has 1 aromatic rings. The van der Waals surface area contributed by atoms with Gasteiger partial charge in [-0.3, -0.25) is 4.90 Å². The molecule has 0 heterocycles. The Hall–Kier alpha value is -0.420. The maximum absolute atomic E-state index is 6.45. The van der Waals surface area contributed by atoms with Crippen LogP contribution < -0.4 is 5.73 Å². The lowest BCUT2D eigenvalue weighted by molar-refractivity contribution is 0.101. The minimum absolute atomic E-state index is 0.145. The number of benzene rings is 1. The van der Waals surface area contributed by atoms with Crippen LogP contribution in [0.5, 0.6) is 0 Å². The number of ether oxygens (including phenoxy) is 1. The normalized spacial score (nSPS) is 18.2. The van der Waals surface area contributed by atoms with E-state index < -0.39 is 0 Å². The molecule has 0 aliphatic heterocycles. The molecule has 0 bridgehead atoms. The predicted octanol–water partition coefficient (Wildman–Crippen LogP) is 3.34. The predicted molar refractivity (Wildman–Crippen MR) is 86.8 cm³/mol. The maximum atomic E-state index is 6.45. The van der Waals surface area contributed by atoms with Gasteiger partial charge in [0.25, 0.3) is 0 Å². The van der Waals surface area contributed by atoms with E-state index in [-0.39, 0.29) is 12.1 Å². The zero-order valence-electron chi connectivity index (χ0n) is 12.4. The number of nitrogens with zero attached hydrogens (tertiary/aromatic N) is 1. The summed E-state index contributed by atoms with van der Waals surface area (Å²) in [5.74, 6) is 0. The van der Waals surface area contributed by atoms with Crippen molar-refractivity contribution >= 4 is 15.9 Å². The number of nitrogens with two attached hydrogens (primary N) is 1. The van der Waals surface area contributed by atoms with Crippen molar-refractivity contribution in [3.05, 3.63) is 34.3 Å². The molecule has 4 heteroatoms. The molecule has 3 nitrogen and oxygen atoms in total. The van der Waals surface area contributed by atoms with Gasteiger partial charge in [0.1, 0.15) is 0 Å². The largest absolute Gasteiger partial charge is 0.383 e. The lowest BCUT2D eigenvalue weighted by atomic mass is 9.96. The highest BCUT2D eigenvalue weighted by atomic mass is 79.9. The van der Waals surface area contributed by atoms with Crippen LogP contribution in [0.25, 0.3) is 0 Å². The first kappa shape index (κ1) is 16.0. The Morgan fingerprint density at radius 3 is 2.65 bits per heavy atom. The van der Waals surface area contributed by atoms with E-state index in [0.29, 0.717) is 6.04 Å². The second-order valence-corrected chi connectivity index (χ2v) is 6.35. The first-order chi connectivity index (χ1) is 9.69. The first-order valence-electron chi connectivity index (χ1n) is 7.43. The van der Waals surface area contributed by atoms with Gasteiger partial charge >= 0.3 is 0 Å². The zero-order chi connectivity index (χ0) is 14.5. The van der Waals surface area contributed by atoms with Crippen LogP contribution in [-0.4, -0.2) is 37.2 Å². The summed E-state index contributed by atoms with van der Waals surface area (Å²) in [6, 6.07) is 9.51. The van der Waals surface area contributed by atoms with Gasteiger partial charge in [-0.2, -0.15) is 0 Å². The minimum Gasteiger partial charge on any atom is -0.383 e. The summed E-state index contributed by atoms with van der Waals surface area (Å²) < 4.78 is 6.44. The van der Waals surface area contributed by atoms with E-state index >= 15 is 0 Å². The van der Waals surface area contributed by atoms with Gasteiger partial charge in [-0.05, 0) is 30.9 Å². The van der Waals surface area contributed by atoms with E-state index in [1.54, 1.807) is 7.11 Å². The molecule has 20 heavy (non-hydrogen) atoms. The van der Waals surface area contributed by atoms with E-state index in [1.807, 2.05) is 0 Å². The molecule has 0 radical (unpaired) electrons. The molecule has 1 aromatic carbocycles. The SMILES string of the molecule is CCC(N)C(c1ccccc1Br)N(CCOC)C1CC1. The Morgan fingerprint density at radius 2 is 2.10 bits per heavy atom. The molecule has 0 saturated heterocycles. The topological polar surface area (TPSA) is 38.5 Å². The van der Waals surface area contributed by atoms with E-state index in [0.717, 1.165) is 24.0 Å². The average Bonchev–Trinajstić information content (AvgIpc) is 3.28. The van der Waals surface area contributed by atoms with Gasteiger partial charge in [0.15, 0.2) is 0 Å². The van der Waals surface area contributed by atoms with Gasteiger partial charge in [0.05, 0.1) is 12.6 Å². The van der Waals surface area contributed by atoms with Crippen LogP contribution in [0.2, 0.25) is 0 Å². The lowest BCUT2D eigenvalue weighted by Crippen LogP contribution is -2.43. The minimum atomic E-state index is 0.145. The van der Waals surface area contributed by atoms with Gasteiger partial charge in [0.2, 0.25) is 0 Å². The fraction of sp³-hybridized carbons (Fsp3) is 0.625. The fourth-order valence-corrected chi connectivity index (χ4v) is 3.26. The number of halogens is 1. The number of methoxy groups -OCH3 is 1. The summed E-state index contributed by atoms with van der Waals surface area (Å²) in [6.45, 7) is 3.87. The van der Waals surface area contributed by atoms with Gasteiger partial charge < -0.3 is 10.5 Å². The van der Waals surface area contributed by atoms with E-state index in [2.05, 4.69) is 52.0 Å². The van der Waals surface area contributed by atoms with Gasteiger partial charge in [-0.1, -0.05) is 41.1 Å². The molecule has 1 aliphatic carbocycles. The van der Waals surface area contributed by atoms with Crippen LogP contribution >= 0.6 is 15.9 Å². The Balaban J connectivity index is 2.27. The van der Waals surface area contributed by atoms with E-state index in [1.165, 1.54) is 18.4 Å². The Morgan fingerprint density at radius 1 is 1.40 bits per heavy atom. The highest BCUT2D eigenvalue weighted by Gasteiger charge is 2.37. The molecule has 0 aromatic heterocycles. The van der Waals surface area contributed by atoms with Crippen LogP contribution in [0.3, 0.4) is 0 Å². The maximum Gasteiger partial charge on any atom is 0.0590 e. The summed E-state index contributed by atoms with van der Waals surface area (Å²) in [5, 5.41) is 0. The van der Waals surface area contributed by atoms with Crippen LogP contribution in [0.1, 0.15) is 37.8 Å². The van der Waals surface area contributed by atoms with Crippen molar-refractivity contribution in [2.75, 3.05) is 20.3 Å². The molecule has 1 aliphatic rings. The van der Waals surface area contributed by atoms with Crippen LogP contribution in [0, 0.1) is 0 Å². The summed E-state index contributed by atoms with van der Waals surface area (Å²) in [4.78, 5) is 2.54. The lowest BCUT2D eigenvalue weighted by Gasteiger charge is -2.36. The second kappa shape index (κ2) is 7.55. The molecule has 2 unspecified atom stereocenters. The molecule has 0 spiro atoms. The number of hydrogen-bond donors (Lipinski definition) is 1. The molecular weight excluding hydrogens is 316 g/mol. The van der Waals surface area contributed by atoms with Gasteiger partial charge in [-0.25, -0.2) is 0 Å². The van der Waals surface area contributed by atoms with Crippen molar-refractivity contribution in [3.63, 3.8) is 0 Å². The molecule has 1 saturated carbocycles. The first-order valence-corrected chi connectivity index (χ1v) is 8.23. The number of rotatable bonds is 8. The van der Waals surface area contributed by atoms with Crippen LogP contribution in [-0.2, 0) is 4.74 Å². The van der Waals surface area contributed by atoms with Crippen molar-refractivity contribution in [1.82, 2.24) is 4.90 Å². The van der Waals surface area contributed by atoms with Gasteiger partial charge in [-0.15, -0.1) is 0 Å². The monoisotopic (exact) mass is 340 g/mol. The average molecular weight is 341 g/mol. The highest BCUT2D eigenvalue weighted by molar-refractivity contribution is 9.10. The summed E-state index contributed by atoms with van der Waals surface area (Å²) in [5.41, 5.74) is 7.75. The van der Waals surface area contributed by atoms with Crippen molar-refractivity contribution in [2.24, 2.45) is 5.73 Å². The van der Waals surface area contributed by atoms with Crippen LogP contribution in [0.4, 0.5) is 0 Å². The zero-order valence-corrected chi connectivity index (χ0v) is 14.0. The standard InChI is InChI=1S/C16H25BrN2O/c1-3-15(18)16(13-6-4-5-7-14(13)17)19(10-11-20-2)12-8-9-12/h4-7,12,15-16H,3,8-11,18H2,1-2H3. The molecule has 2 rings (SSSR count). The molecular formula is C16H25BrN2O. The molecule has 0 amide bonds. The van der Waals surface area contributed by atoms with E-state index in [4.69, 9.17) is 10.5 Å². The molecule has 2 N–H and O–H groups in total. The second-order valence-electron chi connectivity index (χ2n) is 5.50. The number of hydrogen-bond acceptors (Lipinski definition) is 3. The van der Waals surface area contributed by atoms with E-state index in [9.17, 15) is 0 Å². The summed E-state index contributed by atoms with van der Waals surface area (Å²) >= 11 is 3.69. The Kier molecular flexibility index (Phi) is 6.02. The third kappa shape index (κ3) is 3.82. The molecule has 1 fully saturated rings.